The van der Waals surface area contributed by atoms with Gasteiger partial charge in [-0.05, 0) is 43.7 Å². The Labute approximate surface area is 166 Å². The molecule has 8 heteroatoms. The highest BCUT2D eigenvalue weighted by molar-refractivity contribution is 7.16. The van der Waals surface area contributed by atoms with E-state index in [0.717, 1.165) is 22.0 Å². The molecule has 7 nitrogen and oxygen atoms in total. The number of esters is 1. The number of thiophene rings is 1. The van der Waals surface area contributed by atoms with E-state index in [1.807, 2.05) is 30.9 Å². The van der Waals surface area contributed by atoms with Gasteiger partial charge in [-0.3, -0.25) is 9.69 Å². The second-order valence-electron chi connectivity index (χ2n) is 6.33. The third-order valence-corrected chi connectivity index (χ3v) is 5.44. The van der Waals surface area contributed by atoms with Crippen LogP contribution in [0.15, 0.2) is 45.6 Å². The van der Waals surface area contributed by atoms with E-state index in [1.54, 1.807) is 24.7 Å². The van der Waals surface area contributed by atoms with E-state index in [2.05, 4.69) is 5.32 Å². The van der Waals surface area contributed by atoms with Crippen LogP contribution >= 0.6 is 11.3 Å². The van der Waals surface area contributed by atoms with Gasteiger partial charge >= 0.3 is 5.97 Å². The van der Waals surface area contributed by atoms with Crippen molar-refractivity contribution in [2.45, 2.75) is 26.9 Å². The molecule has 0 aliphatic rings. The molecular weight excluding hydrogens is 380 g/mol. The molecule has 148 valence electrons. The molecular formula is C20H22N2O5S. The number of nitrogens with zero attached hydrogens (tertiary/aromatic N) is 1. The summed E-state index contributed by atoms with van der Waals surface area (Å²) in [6, 6.07) is 7.32. The van der Waals surface area contributed by atoms with Crippen LogP contribution in [0.3, 0.4) is 0 Å². The van der Waals surface area contributed by atoms with Gasteiger partial charge in [0.2, 0.25) is 5.91 Å². The van der Waals surface area contributed by atoms with Crippen molar-refractivity contribution in [3.63, 3.8) is 0 Å². The van der Waals surface area contributed by atoms with Crippen molar-refractivity contribution in [2.75, 3.05) is 19.0 Å². The number of methoxy groups -OCH3 is 1. The fourth-order valence-corrected chi connectivity index (χ4v) is 3.91. The Hall–Kier alpha value is -2.84. The van der Waals surface area contributed by atoms with Gasteiger partial charge < -0.3 is 18.9 Å². The van der Waals surface area contributed by atoms with Crippen LogP contribution in [-0.4, -0.2) is 30.4 Å². The SMILES string of the molecule is COC(=O)c1c(NC(=O)CN(Cc2ccco2)Cc2ccco2)sc(C)c1C. The van der Waals surface area contributed by atoms with Crippen molar-refractivity contribution in [2.24, 2.45) is 0 Å². The Morgan fingerprint density at radius 2 is 1.71 bits per heavy atom. The van der Waals surface area contributed by atoms with Crippen LogP contribution in [0.5, 0.6) is 0 Å². The first-order chi connectivity index (χ1) is 13.5. The Morgan fingerprint density at radius 3 is 2.21 bits per heavy atom. The molecule has 0 radical (unpaired) electrons. The molecule has 0 aliphatic carbocycles. The third kappa shape index (κ3) is 4.71. The highest BCUT2D eigenvalue weighted by Gasteiger charge is 2.22. The molecule has 0 atom stereocenters. The normalized spacial score (nSPS) is 11.0. The summed E-state index contributed by atoms with van der Waals surface area (Å²) in [5, 5.41) is 3.36. The molecule has 1 N–H and O–H groups in total. The Bertz CT molecular complexity index is 892. The van der Waals surface area contributed by atoms with Crippen LogP contribution in [0, 0.1) is 13.8 Å². The first-order valence-corrected chi connectivity index (χ1v) is 9.55. The fourth-order valence-electron chi connectivity index (χ4n) is 2.85. The maximum Gasteiger partial charge on any atom is 0.341 e. The van der Waals surface area contributed by atoms with Crippen LogP contribution in [-0.2, 0) is 22.6 Å². The summed E-state index contributed by atoms with van der Waals surface area (Å²) in [7, 11) is 1.33. The molecule has 0 fully saturated rings. The first-order valence-electron chi connectivity index (χ1n) is 8.73. The topological polar surface area (TPSA) is 84.9 Å². The zero-order valence-corrected chi connectivity index (χ0v) is 16.8. The molecule has 1 amide bonds. The Kier molecular flexibility index (Phi) is 6.33. The van der Waals surface area contributed by atoms with E-state index in [0.29, 0.717) is 23.7 Å². The van der Waals surface area contributed by atoms with Crippen molar-refractivity contribution in [1.82, 2.24) is 4.90 Å². The maximum absolute atomic E-state index is 12.7. The van der Waals surface area contributed by atoms with Gasteiger partial charge in [0.15, 0.2) is 0 Å². The van der Waals surface area contributed by atoms with E-state index < -0.39 is 5.97 Å². The van der Waals surface area contributed by atoms with Crippen molar-refractivity contribution < 1.29 is 23.2 Å². The highest BCUT2D eigenvalue weighted by atomic mass is 32.1. The van der Waals surface area contributed by atoms with Crippen LogP contribution in [0.25, 0.3) is 0 Å². The molecule has 0 bridgehead atoms. The van der Waals surface area contributed by atoms with Gasteiger partial charge in [0, 0.05) is 4.88 Å². The number of rotatable bonds is 8. The second-order valence-corrected chi connectivity index (χ2v) is 7.56. The third-order valence-electron chi connectivity index (χ3n) is 4.31. The zero-order valence-electron chi connectivity index (χ0n) is 16.0. The van der Waals surface area contributed by atoms with Gasteiger partial charge in [-0.1, -0.05) is 0 Å². The van der Waals surface area contributed by atoms with Gasteiger partial charge in [0.25, 0.3) is 0 Å². The van der Waals surface area contributed by atoms with Crippen LogP contribution < -0.4 is 5.32 Å². The van der Waals surface area contributed by atoms with E-state index >= 15 is 0 Å². The molecule has 3 rings (SSSR count). The van der Waals surface area contributed by atoms with Crippen LogP contribution in [0.2, 0.25) is 0 Å². The molecule has 3 aromatic rings. The largest absolute Gasteiger partial charge is 0.468 e. The summed E-state index contributed by atoms with van der Waals surface area (Å²) in [6.45, 7) is 4.76. The van der Waals surface area contributed by atoms with E-state index in [4.69, 9.17) is 13.6 Å². The number of anilines is 1. The first kappa shape index (κ1) is 19.9. The quantitative estimate of drug-likeness (QED) is 0.574. The summed E-state index contributed by atoms with van der Waals surface area (Å²) in [6.07, 6.45) is 3.20. The molecule has 0 saturated heterocycles. The monoisotopic (exact) mass is 402 g/mol. The minimum atomic E-state index is -0.458. The number of hydrogen-bond acceptors (Lipinski definition) is 7. The number of nitrogens with one attached hydrogen (secondary N) is 1. The van der Waals surface area contributed by atoms with Gasteiger partial charge in [-0.25, -0.2) is 4.79 Å². The zero-order chi connectivity index (χ0) is 20.1. The second kappa shape index (κ2) is 8.90. The van der Waals surface area contributed by atoms with Gasteiger partial charge in [-0.15, -0.1) is 11.3 Å². The molecule has 3 aromatic heterocycles. The van der Waals surface area contributed by atoms with Gasteiger partial charge in [0.05, 0.1) is 44.8 Å². The maximum atomic E-state index is 12.7. The lowest BCUT2D eigenvalue weighted by Gasteiger charge is -2.19. The summed E-state index contributed by atoms with van der Waals surface area (Å²) < 4.78 is 15.7. The van der Waals surface area contributed by atoms with Crippen molar-refractivity contribution in [3.05, 3.63) is 64.3 Å². The minimum Gasteiger partial charge on any atom is -0.468 e. The average Bonchev–Trinajstić information content (AvgIpc) is 3.39. The molecule has 3 heterocycles. The summed E-state index contributed by atoms with van der Waals surface area (Å²) in [4.78, 5) is 27.7. The fraction of sp³-hybridized carbons (Fsp3) is 0.300. The number of carbonyl (C=O) groups is 2. The lowest BCUT2D eigenvalue weighted by molar-refractivity contribution is -0.117. The number of ether oxygens (including phenoxy) is 1. The molecule has 0 spiro atoms. The minimum absolute atomic E-state index is 0.109. The summed E-state index contributed by atoms with van der Waals surface area (Å²) >= 11 is 1.36. The Balaban J connectivity index is 1.73. The van der Waals surface area contributed by atoms with Crippen LogP contribution in [0.1, 0.15) is 32.3 Å². The van der Waals surface area contributed by atoms with Gasteiger partial charge in [0.1, 0.15) is 16.5 Å². The summed E-state index contributed by atoms with van der Waals surface area (Å²) in [5.74, 6) is 0.805. The number of furan rings is 2. The standard InChI is InChI=1S/C20H22N2O5S/c1-13-14(2)28-19(18(13)20(24)25-3)21-17(23)12-22(10-15-6-4-8-26-15)11-16-7-5-9-27-16/h4-9H,10-12H2,1-3H3,(H,21,23). The van der Waals surface area contributed by atoms with E-state index in [-0.39, 0.29) is 12.5 Å². The number of amides is 1. The number of carbonyl (C=O) groups excluding carboxylic acids is 2. The predicted molar refractivity (Wildman–Crippen MR) is 105 cm³/mol. The molecule has 0 unspecified atom stereocenters. The predicted octanol–water partition coefficient (Wildman–Crippen LogP) is 3.98. The van der Waals surface area contributed by atoms with Crippen molar-refractivity contribution in [1.29, 1.82) is 0 Å². The molecule has 0 saturated carbocycles. The highest BCUT2D eigenvalue weighted by Crippen LogP contribution is 2.33. The molecule has 0 aliphatic heterocycles. The molecule has 0 aromatic carbocycles. The number of hydrogen-bond donors (Lipinski definition) is 1. The summed E-state index contributed by atoms with van der Waals surface area (Å²) in [5.41, 5.74) is 1.22. The van der Waals surface area contributed by atoms with Crippen LogP contribution in [0.4, 0.5) is 5.00 Å². The lowest BCUT2D eigenvalue weighted by Crippen LogP contribution is -2.32. The molecule has 28 heavy (non-hydrogen) atoms. The average molecular weight is 402 g/mol. The van der Waals surface area contributed by atoms with E-state index in [9.17, 15) is 9.59 Å². The van der Waals surface area contributed by atoms with Crippen molar-refractivity contribution in [3.8, 4) is 0 Å². The lowest BCUT2D eigenvalue weighted by atomic mass is 10.1. The van der Waals surface area contributed by atoms with Crippen molar-refractivity contribution >= 4 is 28.2 Å². The smallest absolute Gasteiger partial charge is 0.341 e. The Morgan fingerprint density at radius 1 is 1.11 bits per heavy atom. The number of aryl methyl sites for hydroxylation is 1. The van der Waals surface area contributed by atoms with E-state index in [1.165, 1.54) is 18.4 Å². The van der Waals surface area contributed by atoms with Gasteiger partial charge in [-0.2, -0.15) is 0 Å².